The predicted octanol–water partition coefficient (Wildman–Crippen LogP) is 1.43. The van der Waals surface area contributed by atoms with E-state index in [4.69, 9.17) is 19.3 Å². The van der Waals surface area contributed by atoms with E-state index >= 15 is 0 Å². The number of nitrogens with one attached hydrogen (secondary N) is 1. The standard InChI is InChI=1S/C20H17N7O5/c21-16(28)15-3-10(7-31-15)14-5-23-17(18-22-1-2-26(14)18)25-20-24-13(9-32-20)19(29)27-6-12-4-11(27)8-30-12/h1-3,5,7,9,11-12H,4,6,8H2,(H2,21,28)(H,23,24,25). The molecule has 2 aliphatic heterocycles. The topological polar surface area (TPSA) is 154 Å². The van der Waals surface area contributed by atoms with Gasteiger partial charge in [-0.3, -0.25) is 19.3 Å². The Kier molecular flexibility index (Phi) is 4.01. The number of imidazole rings is 1. The molecule has 2 bridgehead atoms. The van der Waals surface area contributed by atoms with Crippen molar-refractivity contribution in [1.82, 2.24) is 24.3 Å². The molecule has 12 nitrogen and oxygen atoms in total. The van der Waals surface area contributed by atoms with Gasteiger partial charge in [0, 0.05) is 24.5 Å². The molecule has 4 aromatic heterocycles. The highest BCUT2D eigenvalue weighted by atomic mass is 16.5. The molecule has 4 aromatic rings. The third kappa shape index (κ3) is 2.92. The number of anilines is 2. The predicted molar refractivity (Wildman–Crippen MR) is 108 cm³/mol. The minimum atomic E-state index is -0.659. The van der Waals surface area contributed by atoms with Gasteiger partial charge in [-0.2, -0.15) is 4.98 Å². The Morgan fingerprint density at radius 3 is 2.88 bits per heavy atom. The number of aromatic nitrogens is 4. The summed E-state index contributed by atoms with van der Waals surface area (Å²) in [6.07, 6.45) is 8.65. The van der Waals surface area contributed by atoms with E-state index in [-0.39, 0.29) is 35.5 Å². The molecule has 6 heterocycles. The monoisotopic (exact) mass is 435 g/mol. The van der Waals surface area contributed by atoms with Crippen LogP contribution in [0.5, 0.6) is 0 Å². The first kappa shape index (κ1) is 18.6. The summed E-state index contributed by atoms with van der Waals surface area (Å²) in [4.78, 5) is 38.9. The van der Waals surface area contributed by atoms with Gasteiger partial charge in [-0.1, -0.05) is 0 Å². The number of nitrogens with zero attached hydrogens (tertiary/aromatic N) is 5. The molecule has 3 N–H and O–H groups in total. The van der Waals surface area contributed by atoms with Crippen molar-refractivity contribution in [2.75, 3.05) is 18.5 Å². The summed E-state index contributed by atoms with van der Waals surface area (Å²) in [5, 5.41) is 2.97. The molecule has 0 spiro atoms. The van der Waals surface area contributed by atoms with Gasteiger partial charge >= 0.3 is 6.01 Å². The van der Waals surface area contributed by atoms with E-state index in [1.165, 1.54) is 18.6 Å². The minimum absolute atomic E-state index is 0.0465. The van der Waals surface area contributed by atoms with Crippen molar-refractivity contribution in [3.8, 4) is 11.3 Å². The number of carbonyl (C=O) groups excluding carboxylic acids is 2. The Labute approximate surface area is 180 Å². The molecule has 0 aliphatic carbocycles. The highest BCUT2D eigenvalue weighted by Crippen LogP contribution is 2.30. The smallest absolute Gasteiger partial charge is 0.301 e. The highest BCUT2D eigenvalue weighted by Gasteiger charge is 2.42. The first-order valence-electron chi connectivity index (χ1n) is 9.92. The summed E-state index contributed by atoms with van der Waals surface area (Å²) in [6.45, 7) is 1.13. The van der Waals surface area contributed by atoms with Crippen molar-refractivity contribution in [3.05, 3.63) is 48.6 Å². The van der Waals surface area contributed by atoms with Crippen molar-refractivity contribution in [2.24, 2.45) is 5.73 Å². The summed E-state index contributed by atoms with van der Waals surface area (Å²) in [5.41, 5.74) is 7.23. The molecule has 2 fully saturated rings. The number of nitrogens with two attached hydrogens (primary N) is 1. The van der Waals surface area contributed by atoms with Gasteiger partial charge in [0.1, 0.15) is 12.5 Å². The van der Waals surface area contributed by atoms with Crippen LogP contribution in [0.15, 0.2) is 46.0 Å². The van der Waals surface area contributed by atoms with Gasteiger partial charge in [-0.15, -0.1) is 0 Å². The van der Waals surface area contributed by atoms with Gasteiger partial charge in [0.05, 0.1) is 30.6 Å². The molecular weight excluding hydrogens is 418 g/mol. The highest BCUT2D eigenvalue weighted by molar-refractivity contribution is 5.93. The van der Waals surface area contributed by atoms with Crippen LogP contribution in [0, 0.1) is 0 Å². The Balaban J connectivity index is 1.26. The summed E-state index contributed by atoms with van der Waals surface area (Å²) in [5.74, 6) is -0.415. The number of likely N-dealkylation sites (tertiary alicyclic amines) is 1. The van der Waals surface area contributed by atoms with Crippen LogP contribution in [-0.2, 0) is 4.74 Å². The molecule has 0 aromatic carbocycles. The van der Waals surface area contributed by atoms with Gasteiger partial charge in [0.15, 0.2) is 22.9 Å². The fraction of sp³-hybridized carbons (Fsp3) is 0.250. The molecule has 2 atom stereocenters. The zero-order valence-electron chi connectivity index (χ0n) is 16.6. The molecule has 0 saturated carbocycles. The number of hydrogen-bond acceptors (Lipinski definition) is 9. The van der Waals surface area contributed by atoms with Crippen LogP contribution in [0.4, 0.5) is 11.8 Å². The number of carbonyl (C=O) groups is 2. The van der Waals surface area contributed by atoms with Crippen LogP contribution in [0.3, 0.4) is 0 Å². The lowest BCUT2D eigenvalue weighted by Crippen LogP contribution is -2.41. The fourth-order valence-corrected chi connectivity index (χ4v) is 4.15. The number of hydrogen-bond donors (Lipinski definition) is 2. The number of morpholine rings is 1. The van der Waals surface area contributed by atoms with E-state index in [0.717, 1.165) is 6.42 Å². The molecule has 0 radical (unpaired) electrons. The maximum atomic E-state index is 12.8. The minimum Gasteiger partial charge on any atom is -0.458 e. The number of ether oxygens (including phenoxy) is 1. The van der Waals surface area contributed by atoms with Gasteiger partial charge in [0.25, 0.3) is 11.8 Å². The number of amides is 2. The van der Waals surface area contributed by atoms with Gasteiger partial charge < -0.3 is 24.2 Å². The van der Waals surface area contributed by atoms with Crippen LogP contribution in [0.2, 0.25) is 0 Å². The number of furan rings is 1. The van der Waals surface area contributed by atoms with E-state index in [1.807, 2.05) is 0 Å². The molecule has 6 rings (SSSR count). The summed E-state index contributed by atoms with van der Waals surface area (Å²) >= 11 is 0. The second-order valence-electron chi connectivity index (χ2n) is 7.64. The third-order valence-electron chi connectivity index (χ3n) is 5.68. The molecule has 2 amide bonds. The number of fused-ring (bicyclic) bond motifs is 3. The average Bonchev–Trinajstić information content (AvgIpc) is 3.61. The lowest BCUT2D eigenvalue weighted by Gasteiger charge is -2.25. The van der Waals surface area contributed by atoms with Gasteiger partial charge in [-0.05, 0) is 12.5 Å². The zero-order chi connectivity index (χ0) is 21.8. The Bertz CT molecular complexity index is 1360. The lowest BCUT2D eigenvalue weighted by atomic mass is 10.2. The van der Waals surface area contributed by atoms with Crippen LogP contribution in [-0.4, -0.2) is 61.4 Å². The molecule has 2 unspecified atom stereocenters. The first-order valence-corrected chi connectivity index (χ1v) is 9.92. The van der Waals surface area contributed by atoms with Crippen molar-refractivity contribution in [1.29, 1.82) is 0 Å². The van der Waals surface area contributed by atoms with E-state index in [2.05, 4.69) is 20.3 Å². The molecule has 162 valence electrons. The van der Waals surface area contributed by atoms with Crippen molar-refractivity contribution in [2.45, 2.75) is 18.6 Å². The maximum Gasteiger partial charge on any atom is 0.301 e. The SMILES string of the molecule is NC(=O)c1cc(-c2cnc(Nc3nc(C(=O)N4CC5CC4CO5)co3)c3nccn23)co1. The van der Waals surface area contributed by atoms with Crippen LogP contribution in [0.1, 0.15) is 27.5 Å². The maximum absolute atomic E-state index is 12.8. The second-order valence-corrected chi connectivity index (χ2v) is 7.64. The Hall–Kier alpha value is -4.19. The second kappa shape index (κ2) is 6.92. The number of primary amides is 1. The molecule has 2 aliphatic rings. The van der Waals surface area contributed by atoms with E-state index < -0.39 is 5.91 Å². The van der Waals surface area contributed by atoms with Gasteiger partial charge in [0.2, 0.25) is 0 Å². The normalized spacial score (nSPS) is 19.7. The summed E-state index contributed by atoms with van der Waals surface area (Å²) < 4.78 is 18.0. The van der Waals surface area contributed by atoms with E-state index in [0.29, 0.717) is 35.9 Å². The summed E-state index contributed by atoms with van der Waals surface area (Å²) in [6, 6.07) is 1.75. The molecule has 32 heavy (non-hydrogen) atoms. The van der Waals surface area contributed by atoms with Gasteiger partial charge in [-0.25, -0.2) is 9.97 Å². The average molecular weight is 435 g/mol. The Morgan fingerprint density at radius 1 is 1.22 bits per heavy atom. The lowest BCUT2D eigenvalue weighted by molar-refractivity contribution is 0.0255. The van der Waals surface area contributed by atoms with Crippen LogP contribution >= 0.6 is 0 Å². The van der Waals surface area contributed by atoms with Crippen molar-refractivity contribution >= 4 is 29.3 Å². The van der Waals surface area contributed by atoms with Crippen LogP contribution in [0.25, 0.3) is 16.9 Å². The zero-order valence-corrected chi connectivity index (χ0v) is 16.6. The van der Waals surface area contributed by atoms with Crippen molar-refractivity contribution < 1.29 is 23.2 Å². The third-order valence-corrected chi connectivity index (χ3v) is 5.68. The van der Waals surface area contributed by atoms with E-state index in [9.17, 15) is 9.59 Å². The number of oxazole rings is 1. The summed E-state index contributed by atoms with van der Waals surface area (Å²) in [7, 11) is 0. The molecule has 12 heteroatoms. The molecule has 2 saturated heterocycles. The molecular formula is C20H17N7O5. The van der Waals surface area contributed by atoms with E-state index in [1.54, 1.807) is 27.9 Å². The largest absolute Gasteiger partial charge is 0.458 e. The Morgan fingerprint density at radius 2 is 2.12 bits per heavy atom. The fourth-order valence-electron chi connectivity index (χ4n) is 4.15. The van der Waals surface area contributed by atoms with Crippen LogP contribution < -0.4 is 11.1 Å². The number of rotatable bonds is 5. The quantitative estimate of drug-likeness (QED) is 0.474. The van der Waals surface area contributed by atoms with Crippen molar-refractivity contribution in [3.63, 3.8) is 0 Å². The first-order chi connectivity index (χ1) is 15.6.